The zero-order valence-corrected chi connectivity index (χ0v) is 9.06. The molecule has 0 fully saturated rings. The molecule has 1 aromatic carbocycles. The van der Waals surface area contributed by atoms with Crippen LogP contribution in [0.3, 0.4) is 0 Å². The third-order valence-corrected chi connectivity index (χ3v) is 3.11. The molecule has 1 heterocycles. The molecule has 1 N–H and O–H groups in total. The fourth-order valence-electron chi connectivity index (χ4n) is 2.17. The molecule has 1 aliphatic rings. The van der Waals surface area contributed by atoms with Gasteiger partial charge < -0.3 is 5.32 Å². The normalized spacial score (nSPS) is 20.6. The summed E-state index contributed by atoms with van der Waals surface area (Å²) in [4.78, 5) is 0. The van der Waals surface area contributed by atoms with Crippen LogP contribution in [0, 0.1) is 0 Å². The summed E-state index contributed by atoms with van der Waals surface area (Å²) in [7, 11) is 0. The van der Waals surface area contributed by atoms with E-state index in [2.05, 4.69) is 5.32 Å². The number of halogens is 3. The highest BCUT2D eigenvalue weighted by molar-refractivity contribution is 5.37. The molecule has 16 heavy (non-hydrogen) atoms. The Morgan fingerprint density at radius 2 is 2.12 bits per heavy atom. The van der Waals surface area contributed by atoms with Crippen molar-refractivity contribution in [3.05, 3.63) is 34.9 Å². The zero-order chi connectivity index (χ0) is 11.8. The van der Waals surface area contributed by atoms with E-state index in [1.54, 1.807) is 6.07 Å². The van der Waals surface area contributed by atoms with Gasteiger partial charge in [0.05, 0.1) is 5.56 Å². The minimum Gasteiger partial charge on any atom is -0.312 e. The highest BCUT2D eigenvalue weighted by Gasteiger charge is 2.32. The van der Waals surface area contributed by atoms with E-state index in [-0.39, 0.29) is 5.92 Å². The van der Waals surface area contributed by atoms with Gasteiger partial charge >= 0.3 is 6.18 Å². The highest BCUT2D eigenvalue weighted by atomic mass is 19.4. The van der Waals surface area contributed by atoms with Crippen molar-refractivity contribution in [3.8, 4) is 0 Å². The Balaban J connectivity index is 2.43. The van der Waals surface area contributed by atoms with Crippen molar-refractivity contribution in [2.75, 3.05) is 6.54 Å². The largest absolute Gasteiger partial charge is 0.416 e. The van der Waals surface area contributed by atoms with Crippen LogP contribution in [0.5, 0.6) is 0 Å². The second-order valence-corrected chi connectivity index (χ2v) is 4.15. The quantitative estimate of drug-likeness (QED) is 0.779. The lowest BCUT2D eigenvalue weighted by molar-refractivity contribution is -0.137. The Labute approximate surface area is 92.7 Å². The maximum Gasteiger partial charge on any atom is 0.416 e. The Bertz CT molecular complexity index is 384. The van der Waals surface area contributed by atoms with Gasteiger partial charge in [0.2, 0.25) is 0 Å². The van der Waals surface area contributed by atoms with Gasteiger partial charge in [0.1, 0.15) is 0 Å². The maximum absolute atomic E-state index is 12.6. The molecule has 0 aromatic heterocycles. The van der Waals surface area contributed by atoms with Crippen molar-refractivity contribution >= 4 is 0 Å². The Kier molecular flexibility index (Phi) is 2.93. The number of rotatable bonds is 1. The first-order chi connectivity index (χ1) is 7.52. The molecule has 1 nitrogen and oxygen atoms in total. The molecule has 2 rings (SSSR count). The molecule has 4 heteroatoms. The van der Waals surface area contributed by atoms with E-state index in [4.69, 9.17) is 0 Å². The minimum atomic E-state index is -4.24. The molecule has 0 aliphatic carbocycles. The van der Waals surface area contributed by atoms with Crippen LogP contribution < -0.4 is 5.32 Å². The molecular formula is C12H14F3N. The van der Waals surface area contributed by atoms with E-state index < -0.39 is 11.7 Å². The predicted octanol–water partition coefficient (Wildman–Crippen LogP) is 3.30. The molecule has 88 valence electrons. The summed E-state index contributed by atoms with van der Waals surface area (Å²) >= 11 is 0. The lowest BCUT2D eigenvalue weighted by atomic mass is 9.88. The van der Waals surface area contributed by atoms with Gasteiger partial charge in [0.25, 0.3) is 0 Å². The summed E-state index contributed by atoms with van der Waals surface area (Å²) in [5.41, 5.74) is 1.31. The lowest BCUT2D eigenvalue weighted by Crippen LogP contribution is -2.28. The van der Waals surface area contributed by atoms with Crippen LogP contribution in [0.1, 0.15) is 36.0 Å². The van der Waals surface area contributed by atoms with Crippen LogP contribution in [0.15, 0.2) is 18.2 Å². The number of alkyl halides is 3. The van der Waals surface area contributed by atoms with Gasteiger partial charge in [-0.2, -0.15) is 13.2 Å². The van der Waals surface area contributed by atoms with Gasteiger partial charge in [-0.25, -0.2) is 0 Å². The second-order valence-electron chi connectivity index (χ2n) is 4.15. The fraction of sp³-hybridized carbons (Fsp3) is 0.500. The van der Waals surface area contributed by atoms with Crippen LogP contribution >= 0.6 is 0 Å². The number of fused-ring (bicyclic) bond motifs is 1. The average molecular weight is 229 g/mol. The van der Waals surface area contributed by atoms with Crippen LogP contribution in [-0.2, 0) is 12.7 Å². The van der Waals surface area contributed by atoms with Gasteiger partial charge in [-0.3, -0.25) is 0 Å². The summed E-state index contributed by atoms with van der Waals surface area (Å²) in [5, 5.41) is 3.22. The molecule has 0 saturated carbocycles. The van der Waals surface area contributed by atoms with Gasteiger partial charge in [-0.15, -0.1) is 0 Å². The van der Waals surface area contributed by atoms with Gasteiger partial charge in [-0.1, -0.05) is 13.0 Å². The van der Waals surface area contributed by atoms with Crippen molar-refractivity contribution in [2.24, 2.45) is 0 Å². The number of hydrogen-bond acceptors (Lipinski definition) is 1. The van der Waals surface area contributed by atoms with Gasteiger partial charge in [0, 0.05) is 13.1 Å². The Hall–Kier alpha value is -1.03. The standard InChI is InChI=1S/C12H14F3N/c1-2-8-6-16-7-9-3-4-10(5-11(8)9)12(13,14)15/h3-5,8,16H,2,6-7H2,1H3. The van der Waals surface area contributed by atoms with E-state index in [1.807, 2.05) is 6.92 Å². The second kappa shape index (κ2) is 4.09. The van der Waals surface area contributed by atoms with Crippen molar-refractivity contribution in [3.63, 3.8) is 0 Å². The molecule has 1 atom stereocenters. The first-order valence-corrected chi connectivity index (χ1v) is 5.43. The smallest absolute Gasteiger partial charge is 0.312 e. The summed E-state index contributed by atoms with van der Waals surface area (Å²) < 4.78 is 37.7. The molecule has 1 aromatic rings. The van der Waals surface area contributed by atoms with E-state index in [0.29, 0.717) is 6.54 Å². The molecule has 0 spiro atoms. The SMILES string of the molecule is CCC1CNCc2ccc(C(F)(F)F)cc21. The first-order valence-electron chi connectivity index (χ1n) is 5.43. The topological polar surface area (TPSA) is 12.0 Å². The Morgan fingerprint density at radius 3 is 2.75 bits per heavy atom. The van der Waals surface area contributed by atoms with Crippen molar-refractivity contribution in [1.29, 1.82) is 0 Å². The predicted molar refractivity (Wildman–Crippen MR) is 56.2 cm³/mol. The molecule has 1 unspecified atom stereocenters. The Morgan fingerprint density at radius 1 is 1.38 bits per heavy atom. The van der Waals surface area contributed by atoms with Crippen LogP contribution in [0.25, 0.3) is 0 Å². The molecule has 0 bridgehead atoms. The van der Waals surface area contributed by atoms with Gasteiger partial charge in [0.15, 0.2) is 0 Å². The van der Waals surface area contributed by atoms with Crippen LogP contribution in [0.4, 0.5) is 13.2 Å². The molecule has 1 aliphatic heterocycles. The van der Waals surface area contributed by atoms with Crippen LogP contribution in [0.2, 0.25) is 0 Å². The summed E-state index contributed by atoms with van der Waals surface area (Å²) in [6.07, 6.45) is -3.38. The molecule has 0 amide bonds. The zero-order valence-electron chi connectivity index (χ0n) is 9.06. The van der Waals surface area contributed by atoms with E-state index in [1.165, 1.54) is 12.1 Å². The van der Waals surface area contributed by atoms with Crippen LogP contribution in [-0.4, -0.2) is 6.54 Å². The van der Waals surface area contributed by atoms with E-state index in [9.17, 15) is 13.2 Å². The third-order valence-electron chi connectivity index (χ3n) is 3.11. The summed E-state index contributed by atoms with van der Waals surface area (Å²) in [6, 6.07) is 4.07. The van der Waals surface area contributed by atoms with Crippen molar-refractivity contribution in [2.45, 2.75) is 32.0 Å². The third kappa shape index (κ3) is 2.07. The number of hydrogen-bond donors (Lipinski definition) is 1. The summed E-state index contributed by atoms with van der Waals surface area (Å²) in [6.45, 7) is 3.44. The number of nitrogens with one attached hydrogen (secondary N) is 1. The molecular weight excluding hydrogens is 215 g/mol. The minimum absolute atomic E-state index is 0.200. The first kappa shape index (κ1) is 11.5. The average Bonchev–Trinajstić information content (AvgIpc) is 2.26. The monoisotopic (exact) mass is 229 g/mol. The molecule has 0 radical (unpaired) electrons. The van der Waals surface area contributed by atoms with Gasteiger partial charge in [-0.05, 0) is 35.6 Å². The fourth-order valence-corrected chi connectivity index (χ4v) is 2.17. The van der Waals surface area contributed by atoms with Crippen molar-refractivity contribution < 1.29 is 13.2 Å². The maximum atomic E-state index is 12.6. The highest BCUT2D eigenvalue weighted by Crippen LogP contribution is 2.34. The van der Waals surface area contributed by atoms with Crippen molar-refractivity contribution in [1.82, 2.24) is 5.32 Å². The number of benzene rings is 1. The van der Waals surface area contributed by atoms with E-state index in [0.717, 1.165) is 24.1 Å². The summed E-state index contributed by atoms with van der Waals surface area (Å²) in [5.74, 6) is 0.200. The van der Waals surface area contributed by atoms with E-state index >= 15 is 0 Å². The lowest BCUT2D eigenvalue weighted by Gasteiger charge is -2.26. The molecule has 0 saturated heterocycles.